The lowest BCUT2D eigenvalue weighted by Gasteiger charge is -2.35. The van der Waals surface area contributed by atoms with Crippen molar-refractivity contribution >= 4 is 11.7 Å². The summed E-state index contributed by atoms with van der Waals surface area (Å²) in [6.07, 6.45) is 1.17. The fourth-order valence-corrected chi connectivity index (χ4v) is 3.48. The van der Waals surface area contributed by atoms with Crippen LogP contribution in [0, 0.1) is 12.8 Å². The zero-order valence-electron chi connectivity index (χ0n) is 17.5. The number of anilines is 1. The zero-order chi connectivity index (χ0) is 20.4. The maximum Gasteiger partial charge on any atom is 0.322 e. The van der Waals surface area contributed by atoms with Crippen molar-refractivity contribution in [1.29, 1.82) is 0 Å². The van der Waals surface area contributed by atoms with E-state index in [-0.39, 0.29) is 18.1 Å². The van der Waals surface area contributed by atoms with E-state index in [4.69, 9.17) is 9.26 Å². The number of morpholine rings is 1. The lowest BCUT2D eigenvalue weighted by molar-refractivity contribution is -0.0769. The summed E-state index contributed by atoms with van der Waals surface area (Å²) in [5, 5.41) is 11.3. The van der Waals surface area contributed by atoms with Crippen LogP contribution in [0.25, 0.3) is 0 Å². The predicted molar refractivity (Wildman–Crippen MR) is 104 cm³/mol. The molecule has 3 rings (SSSR count). The molecule has 28 heavy (non-hydrogen) atoms. The summed E-state index contributed by atoms with van der Waals surface area (Å²) in [4.78, 5) is 18.9. The summed E-state index contributed by atoms with van der Waals surface area (Å²) in [6, 6.07) is -0.178. The van der Waals surface area contributed by atoms with Gasteiger partial charge in [-0.15, -0.1) is 0 Å². The van der Waals surface area contributed by atoms with Crippen molar-refractivity contribution in [2.24, 2.45) is 5.92 Å². The molecule has 1 aliphatic rings. The summed E-state index contributed by atoms with van der Waals surface area (Å²) in [5.74, 6) is 1.66. The van der Waals surface area contributed by atoms with Gasteiger partial charge in [0.15, 0.2) is 11.9 Å². The van der Waals surface area contributed by atoms with E-state index >= 15 is 0 Å². The second-order valence-electron chi connectivity index (χ2n) is 8.12. The van der Waals surface area contributed by atoms with E-state index in [1.807, 2.05) is 11.6 Å². The molecule has 2 amide bonds. The number of nitrogens with one attached hydrogen (secondary N) is 1. The summed E-state index contributed by atoms with van der Waals surface area (Å²) in [5.41, 5.74) is 1.79. The second-order valence-corrected chi connectivity index (χ2v) is 8.12. The Morgan fingerprint density at radius 3 is 2.68 bits per heavy atom. The molecule has 2 aromatic rings. The first-order valence-corrected chi connectivity index (χ1v) is 9.81. The molecule has 2 atom stereocenters. The van der Waals surface area contributed by atoms with Gasteiger partial charge in [-0.2, -0.15) is 10.1 Å². The average Bonchev–Trinajstić information content (AvgIpc) is 3.20. The van der Waals surface area contributed by atoms with E-state index in [1.165, 1.54) is 0 Å². The van der Waals surface area contributed by atoms with Crippen LogP contribution in [0.15, 0.2) is 10.7 Å². The van der Waals surface area contributed by atoms with Crippen LogP contribution in [0.2, 0.25) is 0 Å². The second kappa shape index (κ2) is 8.30. The molecule has 1 saturated heterocycles. The van der Waals surface area contributed by atoms with Crippen LogP contribution in [-0.2, 0) is 11.3 Å². The van der Waals surface area contributed by atoms with Gasteiger partial charge in [0.05, 0.1) is 30.2 Å². The minimum absolute atomic E-state index is 0.134. The number of aryl methyl sites for hydroxylation is 1. The third-order valence-electron chi connectivity index (χ3n) is 4.57. The highest BCUT2D eigenvalue weighted by atomic mass is 16.5. The lowest BCUT2D eigenvalue weighted by Crippen LogP contribution is -2.47. The smallest absolute Gasteiger partial charge is 0.322 e. The van der Waals surface area contributed by atoms with Crippen LogP contribution in [0.5, 0.6) is 0 Å². The third kappa shape index (κ3) is 4.52. The van der Waals surface area contributed by atoms with E-state index in [0.717, 1.165) is 17.9 Å². The molecule has 0 spiro atoms. The maximum absolute atomic E-state index is 13.0. The van der Waals surface area contributed by atoms with Crippen molar-refractivity contribution in [3.8, 4) is 0 Å². The summed E-state index contributed by atoms with van der Waals surface area (Å²) < 4.78 is 13.1. The number of carbonyl (C=O) groups is 1. The largest absolute Gasteiger partial charge is 0.362 e. The molecule has 1 N–H and O–H groups in total. The molecule has 9 nitrogen and oxygen atoms in total. The third-order valence-corrected chi connectivity index (χ3v) is 4.57. The monoisotopic (exact) mass is 390 g/mol. The van der Waals surface area contributed by atoms with Gasteiger partial charge in [-0.1, -0.05) is 32.9 Å². The number of nitrogens with zero attached hydrogens (tertiary/aromatic N) is 5. The van der Waals surface area contributed by atoms with Crippen molar-refractivity contribution in [3.05, 3.63) is 23.6 Å². The van der Waals surface area contributed by atoms with E-state index in [0.29, 0.717) is 30.7 Å². The Kier molecular flexibility index (Phi) is 6.02. The Bertz CT molecular complexity index is 812. The van der Waals surface area contributed by atoms with Crippen LogP contribution in [0.3, 0.4) is 0 Å². The van der Waals surface area contributed by atoms with Gasteiger partial charge in [-0.3, -0.25) is 4.68 Å². The summed E-state index contributed by atoms with van der Waals surface area (Å²) in [6.45, 7) is 13.9. The molecular formula is C19H30N6O3. The minimum atomic E-state index is -0.427. The van der Waals surface area contributed by atoms with E-state index < -0.39 is 6.10 Å². The molecule has 0 bridgehead atoms. The van der Waals surface area contributed by atoms with Crippen LogP contribution in [-0.4, -0.2) is 50.0 Å². The maximum atomic E-state index is 13.0. The first-order chi connectivity index (χ1) is 13.2. The molecule has 0 aromatic carbocycles. The SMILES string of the molecule is Cc1noc([C@H]2CN(C(=O)Nc3cnn(CC(C)C)c3C(C)C)C[C@@H](C)O2)n1. The quantitative estimate of drug-likeness (QED) is 0.841. The number of amides is 2. The van der Waals surface area contributed by atoms with Gasteiger partial charge in [0, 0.05) is 13.1 Å². The molecule has 1 aliphatic heterocycles. The number of urea groups is 1. The van der Waals surface area contributed by atoms with Gasteiger partial charge >= 0.3 is 6.03 Å². The average molecular weight is 390 g/mol. The number of ether oxygens (including phenoxy) is 1. The topological polar surface area (TPSA) is 98.3 Å². The first kappa shape index (κ1) is 20.3. The van der Waals surface area contributed by atoms with Crippen molar-refractivity contribution in [2.45, 2.75) is 66.2 Å². The van der Waals surface area contributed by atoms with E-state index in [1.54, 1.807) is 18.0 Å². The highest BCUT2D eigenvalue weighted by Gasteiger charge is 2.33. The lowest BCUT2D eigenvalue weighted by atomic mass is 10.1. The molecule has 0 saturated carbocycles. The first-order valence-electron chi connectivity index (χ1n) is 9.81. The fourth-order valence-electron chi connectivity index (χ4n) is 3.48. The normalized spacial score (nSPS) is 20.2. The highest BCUT2D eigenvalue weighted by Crippen LogP contribution is 2.27. The summed E-state index contributed by atoms with van der Waals surface area (Å²) >= 11 is 0. The minimum Gasteiger partial charge on any atom is -0.362 e. The molecule has 0 unspecified atom stereocenters. The van der Waals surface area contributed by atoms with E-state index in [2.05, 4.69) is 48.3 Å². The Morgan fingerprint density at radius 2 is 2.07 bits per heavy atom. The van der Waals surface area contributed by atoms with Crippen LogP contribution in [0.4, 0.5) is 10.5 Å². The predicted octanol–water partition coefficient (Wildman–Crippen LogP) is 3.35. The number of rotatable bonds is 5. The fraction of sp³-hybridized carbons (Fsp3) is 0.684. The Morgan fingerprint density at radius 1 is 1.32 bits per heavy atom. The number of aromatic nitrogens is 4. The van der Waals surface area contributed by atoms with Crippen molar-refractivity contribution in [3.63, 3.8) is 0 Å². The molecule has 2 aromatic heterocycles. The van der Waals surface area contributed by atoms with Gasteiger partial charge in [0.2, 0.25) is 0 Å². The molecule has 154 valence electrons. The zero-order valence-corrected chi connectivity index (χ0v) is 17.5. The summed E-state index contributed by atoms with van der Waals surface area (Å²) in [7, 11) is 0. The highest BCUT2D eigenvalue weighted by molar-refractivity contribution is 5.90. The molecular weight excluding hydrogens is 360 g/mol. The molecule has 9 heteroatoms. The van der Waals surface area contributed by atoms with Crippen molar-refractivity contribution < 1.29 is 14.1 Å². The van der Waals surface area contributed by atoms with Gasteiger partial charge in [-0.25, -0.2) is 4.79 Å². The molecule has 3 heterocycles. The standard InChI is InChI=1S/C19H30N6O3/c1-11(2)8-25-17(12(3)4)15(7-20-25)22-19(26)24-9-13(5)27-16(10-24)18-21-14(6)23-28-18/h7,11-13,16H,8-10H2,1-6H3,(H,22,26)/t13-,16-/m1/s1. The Labute approximate surface area is 165 Å². The van der Waals surface area contributed by atoms with Crippen LogP contribution < -0.4 is 5.32 Å². The Balaban J connectivity index is 1.74. The van der Waals surface area contributed by atoms with Crippen molar-refractivity contribution in [2.75, 3.05) is 18.4 Å². The van der Waals surface area contributed by atoms with Gasteiger partial charge in [0.1, 0.15) is 0 Å². The molecule has 0 aliphatic carbocycles. The number of carbonyl (C=O) groups excluding carboxylic acids is 1. The Hall–Kier alpha value is -2.42. The van der Waals surface area contributed by atoms with Crippen molar-refractivity contribution in [1.82, 2.24) is 24.8 Å². The number of hydrogen-bond donors (Lipinski definition) is 1. The van der Waals surface area contributed by atoms with Gasteiger partial charge < -0.3 is 19.5 Å². The molecule has 0 radical (unpaired) electrons. The van der Waals surface area contributed by atoms with Crippen LogP contribution >= 0.6 is 0 Å². The van der Waals surface area contributed by atoms with Gasteiger partial charge in [-0.05, 0) is 25.7 Å². The van der Waals surface area contributed by atoms with Gasteiger partial charge in [0.25, 0.3) is 5.89 Å². The number of hydrogen-bond acceptors (Lipinski definition) is 6. The molecule has 1 fully saturated rings. The van der Waals surface area contributed by atoms with Crippen LogP contribution in [0.1, 0.15) is 64.0 Å². The van der Waals surface area contributed by atoms with E-state index in [9.17, 15) is 4.79 Å².